The van der Waals surface area contributed by atoms with Gasteiger partial charge in [-0.2, -0.15) is 4.68 Å². The molecule has 0 fully saturated rings. The maximum absolute atomic E-state index is 6.31. The maximum atomic E-state index is 6.31. The number of anilines is 3. The number of benzene rings is 2. The zero-order valence-corrected chi connectivity index (χ0v) is 13.9. The molecule has 2 aromatic heterocycles. The SMILES string of the molecule is Cc1ccc(Nc2ncnc(-n3nnc4ccccc43)c2N)cc1C. The number of para-hydroxylation sites is 1. The summed E-state index contributed by atoms with van der Waals surface area (Å²) in [4.78, 5) is 8.56. The van der Waals surface area contributed by atoms with Crippen molar-refractivity contribution < 1.29 is 0 Å². The third kappa shape index (κ3) is 2.65. The largest absolute Gasteiger partial charge is 0.393 e. The van der Waals surface area contributed by atoms with Crippen LogP contribution in [0.3, 0.4) is 0 Å². The minimum Gasteiger partial charge on any atom is -0.393 e. The Morgan fingerprint density at radius 3 is 2.68 bits per heavy atom. The van der Waals surface area contributed by atoms with Crippen molar-refractivity contribution in [3.8, 4) is 5.82 Å². The van der Waals surface area contributed by atoms with Crippen LogP contribution in [0, 0.1) is 13.8 Å². The lowest BCUT2D eigenvalue weighted by atomic mass is 10.1. The van der Waals surface area contributed by atoms with Gasteiger partial charge in [0.05, 0.1) is 5.52 Å². The average Bonchev–Trinajstić information content (AvgIpc) is 3.04. The van der Waals surface area contributed by atoms with Crippen molar-refractivity contribution in [3.63, 3.8) is 0 Å². The number of hydrogen-bond acceptors (Lipinski definition) is 6. The van der Waals surface area contributed by atoms with E-state index in [9.17, 15) is 0 Å². The van der Waals surface area contributed by atoms with Crippen LogP contribution in [0.4, 0.5) is 17.2 Å². The number of fused-ring (bicyclic) bond motifs is 1. The first kappa shape index (κ1) is 15.1. The van der Waals surface area contributed by atoms with Crippen LogP contribution < -0.4 is 11.1 Å². The first-order valence-electron chi connectivity index (χ1n) is 7.89. The molecule has 0 radical (unpaired) electrons. The summed E-state index contributed by atoms with van der Waals surface area (Å²) in [6.07, 6.45) is 1.46. The molecule has 4 rings (SSSR count). The Kier molecular flexibility index (Phi) is 3.53. The van der Waals surface area contributed by atoms with Gasteiger partial charge in [0.25, 0.3) is 0 Å². The Bertz CT molecular complexity index is 1070. The highest BCUT2D eigenvalue weighted by Gasteiger charge is 2.14. The molecule has 7 heteroatoms. The van der Waals surface area contributed by atoms with Crippen LogP contribution in [0.15, 0.2) is 48.8 Å². The lowest BCUT2D eigenvalue weighted by Gasteiger charge is -2.12. The lowest BCUT2D eigenvalue weighted by Crippen LogP contribution is -2.08. The van der Waals surface area contributed by atoms with Crippen LogP contribution in [-0.2, 0) is 0 Å². The second-order valence-electron chi connectivity index (χ2n) is 5.87. The van der Waals surface area contributed by atoms with Crippen LogP contribution in [-0.4, -0.2) is 25.0 Å². The Labute approximate surface area is 144 Å². The van der Waals surface area contributed by atoms with E-state index in [0.29, 0.717) is 17.3 Å². The predicted molar refractivity (Wildman–Crippen MR) is 98.1 cm³/mol. The van der Waals surface area contributed by atoms with Gasteiger partial charge in [0.15, 0.2) is 11.6 Å². The number of aryl methyl sites for hydroxylation is 2. The van der Waals surface area contributed by atoms with Crippen molar-refractivity contribution in [2.75, 3.05) is 11.1 Å². The summed E-state index contributed by atoms with van der Waals surface area (Å²) in [7, 11) is 0. The van der Waals surface area contributed by atoms with Crippen molar-refractivity contribution in [1.29, 1.82) is 0 Å². The number of nitrogen functional groups attached to an aromatic ring is 1. The summed E-state index contributed by atoms with van der Waals surface area (Å²) in [5, 5.41) is 11.6. The third-order valence-electron chi connectivity index (χ3n) is 4.18. The van der Waals surface area contributed by atoms with Crippen molar-refractivity contribution in [2.24, 2.45) is 0 Å². The van der Waals surface area contributed by atoms with E-state index >= 15 is 0 Å². The zero-order chi connectivity index (χ0) is 17.4. The van der Waals surface area contributed by atoms with Gasteiger partial charge in [0.1, 0.15) is 17.5 Å². The molecule has 3 N–H and O–H groups in total. The van der Waals surface area contributed by atoms with E-state index in [1.165, 1.54) is 17.5 Å². The van der Waals surface area contributed by atoms with E-state index in [2.05, 4.69) is 51.6 Å². The second-order valence-corrected chi connectivity index (χ2v) is 5.87. The van der Waals surface area contributed by atoms with Gasteiger partial charge in [0, 0.05) is 5.69 Å². The van der Waals surface area contributed by atoms with E-state index in [1.807, 2.05) is 30.3 Å². The molecule has 0 aliphatic rings. The van der Waals surface area contributed by atoms with Crippen molar-refractivity contribution in [2.45, 2.75) is 13.8 Å². The second kappa shape index (κ2) is 5.86. The molecule has 0 spiro atoms. The third-order valence-corrected chi connectivity index (χ3v) is 4.18. The minimum absolute atomic E-state index is 0.413. The quantitative estimate of drug-likeness (QED) is 0.599. The molecule has 0 saturated carbocycles. The first-order chi connectivity index (χ1) is 12.1. The van der Waals surface area contributed by atoms with E-state index in [1.54, 1.807) is 4.68 Å². The molecule has 124 valence electrons. The van der Waals surface area contributed by atoms with Crippen LogP contribution >= 0.6 is 0 Å². The predicted octanol–water partition coefficient (Wildman–Crippen LogP) is 3.15. The fraction of sp³-hybridized carbons (Fsp3) is 0.111. The van der Waals surface area contributed by atoms with Gasteiger partial charge in [-0.3, -0.25) is 0 Å². The molecule has 2 aromatic carbocycles. The maximum Gasteiger partial charge on any atom is 0.184 e. The highest BCUT2D eigenvalue weighted by molar-refractivity contribution is 5.80. The zero-order valence-electron chi connectivity index (χ0n) is 13.9. The van der Waals surface area contributed by atoms with Crippen molar-refractivity contribution >= 4 is 28.2 Å². The highest BCUT2D eigenvalue weighted by Crippen LogP contribution is 2.27. The van der Waals surface area contributed by atoms with Gasteiger partial charge in [-0.1, -0.05) is 23.4 Å². The molecule has 4 aromatic rings. The van der Waals surface area contributed by atoms with Gasteiger partial charge >= 0.3 is 0 Å². The lowest BCUT2D eigenvalue weighted by molar-refractivity contribution is 0.800. The Morgan fingerprint density at radius 2 is 1.84 bits per heavy atom. The molecule has 0 aliphatic heterocycles. The minimum atomic E-state index is 0.413. The first-order valence-corrected chi connectivity index (χ1v) is 7.89. The molecule has 25 heavy (non-hydrogen) atoms. The normalized spacial score (nSPS) is 11.0. The fourth-order valence-corrected chi connectivity index (χ4v) is 2.64. The molecule has 0 aliphatic carbocycles. The molecule has 0 saturated heterocycles. The van der Waals surface area contributed by atoms with Gasteiger partial charge in [-0.15, -0.1) is 5.10 Å². The molecule has 0 amide bonds. The summed E-state index contributed by atoms with van der Waals surface area (Å²) >= 11 is 0. The molecular weight excluding hydrogens is 314 g/mol. The van der Waals surface area contributed by atoms with E-state index in [0.717, 1.165) is 16.7 Å². The molecule has 0 atom stereocenters. The Hall–Kier alpha value is -3.48. The van der Waals surface area contributed by atoms with E-state index < -0.39 is 0 Å². The van der Waals surface area contributed by atoms with Crippen molar-refractivity contribution in [1.82, 2.24) is 25.0 Å². The van der Waals surface area contributed by atoms with Gasteiger partial charge in [-0.05, 0) is 49.2 Å². The Morgan fingerprint density at radius 1 is 1.00 bits per heavy atom. The number of aromatic nitrogens is 5. The standard InChI is InChI=1S/C18H17N7/c1-11-7-8-13(9-12(11)2)22-17-16(19)18(21-10-20-17)25-15-6-4-3-5-14(15)23-24-25/h3-10H,19H2,1-2H3,(H,20,21,22). The summed E-state index contributed by atoms with van der Waals surface area (Å²) in [5.41, 5.74) is 11.7. The van der Waals surface area contributed by atoms with Crippen molar-refractivity contribution in [3.05, 3.63) is 59.9 Å². The van der Waals surface area contributed by atoms with Gasteiger partial charge in [0.2, 0.25) is 0 Å². The number of hydrogen-bond donors (Lipinski definition) is 2. The van der Waals surface area contributed by atoms with E-state index in [4.69, 9.17) is 5.73 Å². The summed E-state index contributed by atoms with van der Waals surface area (Å²) in [6.45, 7) is 4.14. The number of nitrogens with two attached hydrogens (primary N) is 1. The van der Waals surface area contributed by atoms with Gasteiger partial charge in [-0.25, -0.2) is 9.97 Å². The van der Waals surface area contributed by atoms with Crippen LogP contribution in [0.25, 0.3) is 16.9 Å². The molecule has 7 nitrogen and oxygen atoms in total. The molecule has 0 unspecified atom stereocenters. The van der Waals surface area contributed by atoms with Crippen LogP contribution in [0.2, 0.25) is 0 Å². The summed E-state index contributed by atoms with van der Waals surface area (Å²) < 4.78 is 1.62. The Balaban J connectivity index is 1.76. The number of rotatable bonds is 3. The smallest absolute Gasteiger partial charge is 0.184 e. The number of nitrogens with one attached hydrogen (secondary N) is 1. The van der Waals surface area contributed by atoms with Gasteiger partial charge < -0.3 is 11.1 Å². The monoisotopic (exact) mass is 331 g/mol. The highest BCUT2D eigenvalue weighted by atomic mass is 15.4. The molecule has 2 heterocycles. The fourth-order valence-electron chi connectivity index (χ4n) is 2.64. The summed E-state index contributed by atoms with van der Waals surface area (Å²) in [5.74, 6) is 1.03. The summed E-state index contributed by atoms with van der Waals surface area (Å²) in [6, 6.07) is 13.8. The molecule has 0 bridgehead atoms. The van der Waals surface area contributed by atoms with E-state index in [-0.39, 0.29) is 0 Å². The van der Waals surface area contributed by atoms with Crippen LogP contribution in [0.1, 0.15) is 11.1 Å². The van der Waals surface area contributed by atoms with Crippen LogP contribution in [0.5, 0.6) is 0 Å². The topological polar surface area (TPSA) is 94.5 Å². The molecular formula is C18H17N7. The average molecular weight is 331 g/mol. The number of nitrogens with zero attached hydrogens (tertiary/aromatic N) is 5.